The molecule has 1 aromatic heterocycles. The fourth-order valence-electron chi connectivity index (χ4n) is 1.65. The average molecular weight is 316 g/mol. The average Bonchev–Trinajstić information content (AvgIpc) is 2.30. The van der Waals surface area contributed by atoms with Crippen LogP contribution in [-0.4, -0.2) is 18.4 Å². The number of para-hydroxylation sites is 1. The highest BCUT2D eigenvalue weighted by Crippen LogP contribution is 2.23. The summed E-state index contributed by atoms with van der Waals surface area (Å²) < 4.78 is 26.6. The van der Waals surface area contributed by atoms with E-state index < -0.39 is 26.2 Å². The molecule has 9 heteroatoms. The van der Waals surface area contributed by atoms with Gasteiger partial charge in [0, 0.05) is 5.69 Å². The second-order valence-corrected chi connectivity index (χ2v) is 5.97. The van der Waals surface area contributed by atoms with Gasteiger partial charge in [-0.15, -0.1) is 0 Å². The summed E-state index contributed by atoms with van der Waals surface area (Å²) in [6.07, 6.45) is 0. The topological polar surface area (TPSA) is 112 Å². The maximum atomic E-state index is 12.2. The molecule has 2 aromatic rings. The van der Waals surface area contributed by atoms with Crippen molar-refractivity contribution < 1.29 is 8.42 Å². The zero-order valence-corrected chi connectivity index (χ0v) is 11.8. The zero-order chi connectivity index (χ0) is 14.9. The zero-order valence-electron chi connectivity index (χ0n) is 10.2. The molecule has 0 aliphatic rings. The number of hydrogen-bond acceptors (Lipinski definition) is 4. The molecule has 0 aliphatic carbocycles. The Morgan fingerprint density at radius 1 is 1.15 bits per heavy atom. The molecule has 0 amide bonds. The third-order valence-corrected chi connectivity index (χ3v) is 4.31. The van der Waals surface area contributed by atoms with Gasteiger partial charge >= 0.3 is 5.69 Å². The van der Waals surface area contributed by atoms with Gasteiger partial charge in [-0.05, 0) is 19.1 Å². The predicted octanol–water partition coefficient (Wildman–Crippen LogP) is 0.826. The first-order valence-electron chi connectivity index (χ1n) is 5.42. The minimum Gasteiger partial charge on any atom is -0.310 e. The lowest BCUT2D eigenvalue weighted by Crippen LogP contribution is -2.31. The maximum absolute atomic E-state index is 12.2. The van der Waals surface area contributed by atoms with E-state index in [4.69, 9.17) is 11.6 Å². The van der Waals surface area contributed by atoms with Crippen molar-refractivity contribution >= 4 is 27.3 Å². The van der Waals surface area contributed by atoms with Gasteiger partial charge in [0.15, 0.2) is 4.90 Å². The SMILES string of the molecule is Cc1[nH]c(=O)[nH]c(=O)c1S(=O)(=O)Nc1ccccc1Cl. The standard InChI is InChI=1S/C11H10ClN3O4S/c1-6-9(10(16)14-11(17)13-6)20(18,19)15-8-5-3-2-4-7(8)12/h2-5,15H,1H3,(H2,13,14,16,17). The molecule has 0 unspecified atom stereocenters. The van der Waals surface area contributed by atoms with Gasteiger partial charge in [-0.25, -0.2) is 13.2 Å². The van der Waals surface area contributed by atoms with Crippen molar-refractivity contribution in [3.63, 3.8) is 0 Å². The van der Waals surface area contributed by atoms with Crippen molar-refractivity contribution in [2.24, 2.45) is 0 Å². The Labute approximate surface area is 118 Å². The largest absolute Gasteiger partial charge is 0.325 e. The molecule has 1 heterocycles. The number of hydrogen-bond donors (Lipinski definition) is 3. The van der Waals surface area contributed by atoms with E-state index in [-0.39, 0.29) is 16.4 Å². The Hall–Kier alpha value is -2.06. The van der Waals surface area contributed by atoms with Crippen LogP contribution in [-0.2, 0) is 10.0 Å². The molecule has 0 spiro atoms. The fraction of sp³-hybridized carbons (Fsp3) is 0.0909. The predicted molar refractivity (Wildman–Crippen MR) is 74.7 cm³/mol. The fourth-order valence-corrected chi connectivity index (χ4v) is 3.21. The van der Waals surface area contributed by atoms with Gasteiger partial charge < -0.3 is 4.98 Å². The van der Waals surface area contributed by atoms with Crippen LogP contribution in [0.5, 0.6) is 0 Å². The van der Waals surface area contributed by atoms with Gasteiger partial charge in [-0.2, -0.15) is 0 Å². The first-order valence-corrected chi connectivity index (χ1v) is 7.28. The molecule has 0 fully saturated rings. The second-order valence-electron chi connectivity index (χ2n) is 3.95. The van der Waals surface area contributed by atoms with Crippen LogP contribution in [0.4, 0.5) is 5.69 Å². The second kappa shape index (κ2) is 5.14. The molecule has 7 nitrogen and oxygen atoms in total. The smallest absolute Gasteiger partial charge is 0.310 e. The highest BCUT2D eigenvalue weighted by molar-refractivity contribution is 7.92. The molecule has 0 bridgehead atoms. The molecule has 0 radical (unpaired) electrons. The number of aromatic nitrogens is 2. The van der Waals surface area contributed by atoms with Crippen LogP contribution in [0.15, 0.2) is 38.8 Å². The van der Waals surface area contributed by atoms with E-state index in [0.29, 0.717) is 0 Å². The van der Waals surface area contributed by atoms with Crippen molar-refractivity contribution in [3.05, 3.63) is 55.8 Å². The normalized spacial score (nSPS) is 11.3. The van der Waals surface area contributed by atoms with Crippen LogP contribution in [0, 0.1) is 6.92 Å². The molecule has 3 N–H and O–H groups in total. The van der Waals surface area contributed by atoms with Gasteiger partial charge in [0.2, 0.25) is 0 Å². The van der Waals surface area contributed by atoms with Crippen LogP contribution in [0.3, 0.4) is 0 Å². The molecule has 0 atom stereocenters. The molecule has 0 aliphatic heterocycles. The van der Waals surface area contributed by atoms with E-state index in [2.05, 4.69) is 9.71 Å². The third kappa shape index (κ3) is 2.75. The molecular weight excluding hydrogens is 306 g/mol. The summed E-state index contributed by atoms with van der Waals surface area (Å²) in [6.45, 7) is 1.32. The summed E-state index contributed by atoms with van der Waals surface area (Å²) in [7, 11) is -4.16. The lowest BCUT2D eigenvalue weighted by molar-refractivity contribution is 0.598. The number of benzene rings is 1. The Balaban J connectivity index is 2.55. The monoisotopic (exact) mass is 315 g/mol. The number of aryl methyl sites for hydroxylation is 1. The number of nitrogens with one attached hydrogen (secondary N) is 3. The highest BCUT2D eigenvalue weighted by atomic mass is 35.5. The van der Waals surface area contributed by atoms with E-state index in [1.165, 1.54) is 19.1 Å². The number of sulfonamides is 1. The van der Waals surface area contributed by atoms with Crippen molar-refractivity contribution in [2.45, 2.75) is 11.8 Å². The molecule has 1 aromatic carbocycles. The number of halogens is 1. The van der Waals surface area contributed by atoms with Crippen molar-refractivity contribution in [2.75, 3.05) is 4.72 Å². The van der Waals surface area contributed by atoms with Crippen LogP contribution in [0.1, 0.15) is 5.69 Å². The third-order valence-electron chi connectivity index (χ3n) is 2.46. The highest BCUT2D eigenvalue weighted by Gasteiger charge is 2.23. The van der Waals surface area contributed by atoms with E-state index in [1.54, 1.807) is 12.1 Å². The first-order chi connectivity index (χ1) is 9.31. The number of aromatic amines is 2. The van der Waals surface area contributed by atoms with E-state index in [9.17, 15) is 18.0 Å². The minimum absolute atomic E-state index is 0.0571. The first kappa shape index (κ1) is 14.4. The van der Waals surface area contributed by atoms with Crippen molar-refractivity contribution in [1.29, 1.82) is 0 Å². The summed E-state index contributed by atoms with van der Waals surface area (Å²) in [4.78, 5) is 26.2. The Morgan fingerprint density at radius 2 is 1.80 bits per heavy atom. The molecule has 20 heavy (non-hydrogen) atoms. The van der Waals surface area contributed by atoms with Gasteiger partial charge in [0.05, 0.1) is 10.7 Å². The van der Waals surface area contributed by atoms with E-state index >= 15 is 0 Å². The maximum Gasteiger partial charge on any atom is 0.325 e. The summed E-state index contributed by atoms with van der Waals surface area (Å²) in [5, 5.41) is 0.189. The van der Waals surface area contributed by atoms with Gasteiger partial charge in [-0.3, -0.25) is 14.5 Å². The summed E-state index contributed by atoms with van der Waals surface area (Å²) >= 11 is 5.85. The lowest BCUT2D eigenvalue weighted by atomic mass is 10.3. The summed E-state index contributed by atoms with van der Waals surface area (Å²) in [5.41, 5.74) is -1.69. The molecule has 0 saturated carbocycles. The number of H-pyrrole nitrogens is 2. The molecule has 2 rings (SSSR count). The Kier molecular flexibility index (Phi) is 3.69. The van der Waals surface area contributed by atoms with Crippen LogP contribution >= 0.6 is 11.6 Å². The Bertz CT molecular complexity index is 870. The summed E-state index contributed by atoms with van der Waals surface area (Å²) in [5.74, 6) is 0. The molecular formula is C11H10ClN3O4S. The number of rotatable bonds is 3. The Morgan fingerprint density at radius 3 is 2.40 bits per heavy atom. The lowest BCUT2D eigenvalue weighted by Gasteiger charge is -2.10. The number of anilines is 1. The van der Waals surface area contributed by atoms with Gasteiger partial charge in [-0.1, -0.05) is 23.7 Å². The molecule has 106 valence electrons. The molecule has 0 saturated heterocycles. The minimum atomic E-state index is -4.16. The van der Waals surface area contributed by atoms with Gasteiger partial charge in [0.1, 0.15) is 0 Å². The van der Waals surface area contributed by atoms with Crippen molar-refractivity contribution in [1.82, 2.24) is 9.97 Å². The summed E-state index contributed by atoms with van der Waals surface area (Å²) in [6, 6.07) is 6.18. The van der Waals surface area contributed by atoms with E-state index in [1.807, 2.05) is 4.98 Å². The van der Waals surface area contributed by atoms with Crippen LogP contribution < -0.4 is 16.0 Å². The van der Waals surface area contributed by atoms with E-state index in [0.717, 1.165) is 0 Å². The quantitative estimate of drug-likeness (QED) is 0.778. The van der Waals surface area contributed by atoms with Gasteiger partial charge in [0.25, 0.3) is 15.6 Å². The van der Waals surface area contributed by atoms with Crippen LogP contribution in [0.2, 0.25) is 5.02 Å². The van der Waals surface area contributed by atoms with Crippen LogP contribution in [0.25, 0.3) is 0 Å². The van der Waals surface area contributed by atoms with Crippen molar-refractivity contribution in [3.8, 4) is 0 Å².